The minimum atomic E-state index is -0.324. The van der Waals surface area contributed by atoms with Crippen LogP contribution in [-0.2, 0) is 9.63 Å². The van der Waals surface area contributed by atoms with E-state index in [1.807, 2.05) is 0 Å². The monoisotopic (exact) mass is 226 g/mol. The molecule has 1 aliphatic heterocycles. The molecule has 0 unspecified atom stereocenters. The lowest BCUT2D eigenvalue weighted by Gasteiger charge is -2.39. The molecule has 16 heavy (non-hydrogen) atoms. The van der Waals surface area contributed by atoms with Gasteiger partial charge in [0.05, 0.1) is 12.0 Å². The van der Waals surface area contributed by atoms with Crippen LogP contribution in [0.15, 0.2) is 0 Å². The zero-order chi connectivity index (χ0) is 11.4. The predicted molar refractivity (Wildman–Crippen MR) is 61.5 cm³/mol. The minimum absolute atomic E-state index is 0.134. The number of carbonyl (C=O) groups excluding carboxylic acids is 1. The predicted octanol–water partition coefficient (Wildman–Crippen LogP) is 1.45. The average molecular weight is 226 g/mol. The molecule has 92 valence electrons. The van der Waals surface area contributed by atoms with E-state index in [1.54, 1.807) is 5.06 Å². The third-order valence-corrected chi connectivity index (χ3v) is 3.88. The van der Waals surface area contributed by atoms with Gasteiger partial charge in [0, 0.05) is 13.1 Å². The molecule has 1 saturated carbocycles. The molecule has 1 amide bonds. The van der Waals surface area contributed by atoms with Gasteiger partial charge in [0.1, 0.15) is 0 Å². The lowest BCUT2D eigenvalue weighted by Crippen LogP contribution is -2.50. The second-order valence-corrected chi connectivity index (χ2v) is 4.99. The van der Waals surface area contributed by atoms with Crippen LogP contribution in [-0.4, -0.2) is 30.7 Å². The van der Waals surface area contributed by atoms with Gasteiger partial charge in [0.25, 0.3) is 5.91 Å². The van der Waals surface area contributed by atoms with Crippen LogP contribution in [0.1, 0.15) is 44.9 Å². The molecule has 0 bridgehead atoms. The highest BCUT2D eigenvalue weighted by Crippen LogP contribution is 2.37. The zero-order valence-corrected chi connectivity index (χ0v) is 9.91. The average Bonchev–Trinajstić information content (AvgIpc) is 2.39. The van der Waals surface area contributed by atoms with Crippen molar-refractivity contribution >= 4 is 5.91 Å². The van der Waals surface area contributed by atoms with Crippen molar-refractivity contribution < 1.29 is 9.63 Å². The lowest BCUT2D eigenvalue weighted by molar-refractivity contribution is -0.208. The smallest absolute Gasteiger partial charge is 0.253 e. The Morgan fingerprint density at radius 3 is 2.50 bits per heavy atom. The summed E-state index contributed by atoms with van der Waals surface area (Å²) in [4.78, 5) is 17.9. The molecule has 0 spiro atoms. The Morgan fingerprint density at radius 1 is 1.19 bits per heavy atom. The maximum absolute atomic E-state index is 12.4. The van der Waals surface area contributed by atoms with Gasteiger partial charge in [0.2, 0.25) is 0 Å². The lowest BCUT2D eigenvalue weighted by atomic mass is 9.73. The van der Waals surface area contributed by atoms with Gasteiger partial charge in [-0.2, -0.15) is 0 Å². The third-order valence-electron chi connectivity index (χ3n) is 3.88. The van der Waals surface area contributed by atoms with Crippen LogP contribution >= 0.6 is 0 Å². The quantitative estimate of drug-likeness (QED) is 0.775. The molecule has 0 aromatic carbocycles. The Balaban J connectivity index is 2.04. The summed E-state index contributed by atoms with van der Waals surface area (Å²) in [5.41, 5.74) is 5.52. The summed E-state index contributed by atoms with van der Waals surface area (Å²) in [6, 6.07) is 0. The van der Waals surface area contributed by atoms with Crippen molar-refractivity contribution in [2.75, 3.05) is 19.7 Å². The fourth-order valence-electron chi connectivity index (χ4n) is 2.76. The van der Waals surface area contributed by atoms with Crippen molar-refractivity contribution in [2.45, 2.75) is 44.9 Å². The minimum Gasteiger partial charge on any atom is -0.329 e. The topological polar surface area (TPSA) is 55.6 Å². The van der Waals surface area contributed by atoms with E-state index in [1.165, 1.54) is 6.42 Å². The van der Waals surface area contributed by atoms with Gasteiger partial charge < -0.3 is 5.73 Å². The van der Waals surface area contributed by atoms with Gasteiger partial charge in [-0.3, -0.25) is 9.63 Å². The molecule has 2 rings (SSSR count). The summed E-state index contributed by atoms with van der Waals surface area (Å²) in [5, 5.41) is 1.57. The second kappa shape index (κ2) is 5.15. The highest BCUT2D eigenvalue weighted by atomic mass is 16.7. The van der Waals surface area contributed by atoms with Crippen molar-refractivity contribution in [1.29, 1.82) is 0 Å². The molecule has 1 saturated heterocycles. The van der Waals surface area contributed by atoms with Gasteiger partial charge in [0.15, 0.2) is 0 Å². The van der Waals surface area contributed by atoms with Gasteiger partial charge in [-0.1, -0.05) is 19.3 Å². The van der Waals surface area contributed by atoms with Crippen molar-refractivity contribution in [3.05, 3.63) is 0 Å². The third kappa shape index (κ3) is 2.23. The Hall–Kier alpha value is -0.610. The molecule has 4 heteroatoms. The molecule has 1 heterocycles. The maximum Gasteiger partial charge on any atom is 0.253 e. The second-order valence-electron chi connectivity index (χ2n) is 4.99. The molecule has 0 radical (unpaired) electrons. The van der Waals surface area contributed by atoms with Crippen LogP contribution in [0.3, 0.4) is 0 Å². The van der Waals surface area contributed by atoms with E-state index in [0.29, 0.717) is 13.2 Å². The highest BCUT2D eigenvalue weighted by molar-refractivity contribution is 5.82. The van der Waals surface area contributed by atoms with Gasteiger partial charge >= 0.3 is 0 Å². The Kier molecular flexibility index (Phi) is 3.82. The molecule has 2 aliphatic rings. The molecule has 0 aromatic heterocycles. The standard InChI is InChI=1S/C12H22N2O2/c13-10-12(6-2-1-3-7-12)11(15)14-8-4-5-9-16-14/h1-10,13H2. The van der Waals surface area contributed by atoms with E-state index in [-0.39, 0.29) is 11.3 Å². The van der Waals surface area contributed by atoms with Crippen LogP contribution in [0.2, 0.25) is 0 Å². The first-order valence-corrected chi connectivity index (χ1v) is 6.43. The van der Waals surface area contributed by atoms with Crippen molar-refractivity contribution in [1.82, 2.24) is 5.06 Å². The normalized spacial score (nSPS) is 25.4. The number of hydroxylamine groups is 2. The first-order valence-electron chi connectivity index (χ1n) is 6.43. The number of amides is 1. The first-order chi connectivity index (χ1) is 7.78. The van der Waals surface area contributed by atoms with E-state index in [2.05, 4.69) is 0 Å². The summed E-state index contributed by atoms with van der Waals surface area (Å²) in [6.07, 6.45) is 7.44. The fraction of sp³-hybridized carbons (Fsp3) is 0.917. The van der Waals surface area contributed by atoms with E-state index in [9.17, 15) is 4.79 Å². The van der Waals surface area contributed by atoms with Crippen molar-refractivity contribution in [3.63, 3.8) is 0 Å². The molecule has 0 atom stereocenters. The van der Waals surface area contributed by atoms with Gasteiger partial charge in [-0.05, 0) is 25.7 Å². The summed E-state index contributed by atoms with van der Waals surface area (Å²) < 4.78 is 0. The summed E-state index contributed by atoms with van der Waals surface area (Å²) >= 11 is 0. The first kappa shape index (κ1) is 11.9. The summed E-state index contributed by atoms with van der Waals surface area (Å²) in [7, 11) is 0. The molecular formula is C12H22N2O2. The van der Waals surface area contributed by atoms with Crippen LogP contribution < -0.4 is 5.73 Å². The molecule has 2 N–H and O–H groups in total. The van der Waals surface area contributed by atoms with Gasteiger partial charge in [-0.15, -0.1) is 0 Å². The molecular weight excluding hydrogens is 204 g/mol. The fourth-order valence-corrected chi connectivity index (χ4v) is 2.76. The Labute approximate surface area is 97.1 Å². The number of nitrogens with zero attached hydrogens (tertiary/aromatic N) is 1. The zero-order valence-electron chi connectivity index (χ0n) is 9.91. The summed E-state index contributed by atoms with van der Waals surface area (Å²) in [5.74, 6) is 0.134. The summed E-state index contributed by atoms with van der Waals surface area (Å²) in [6.45, 7) is 1.87. The van der Waals surface area contributed by atoms with Crippen molar-refractivity contribution in [3.8, 4) is 0 Å². The number of carbonyl (C=O) groups is 1. The SMILES string of the molecule is NCC1(C(=O)N2CCCCO2)CCCCC1. The number of rotatable bonds is 2. The Morgan fingerprint density at radius 2 is 1.94 bits per heavy atom. The molecule has 2 fully saturated rings. The number of hydrogen-bond donors (Lipinski definition) is 1. The van der Waals surface area contributed by atoms with E-state index in [0.717, 1.165) is 45.1 Å². The molecule has 0 aromatic rings. The van der Waals surface area contributed by atoms with Crippen LogP contribution in [0.4, 0.5) is 0 Å². The van der Waals surface area contributed by atoms with Crippen LogP contribution in [0.25, 0.3) is 0 Å². The highest BCUT2D eigenvalue weighted by Gasteiger charge is 2.41. The van der Waals surface area contributed by atoms with E-state index >= 15 is 0 Å². The number of hydrogen-bond acceptors (Lipinski definition) is 3. The van der Waals surface area contributed by atoms with Crippen LogP contribution in [0.5, 0.6) is 0 Å². The largest absolute Gasteiger partial charge is 0.329 e. The van der Waals surface area contributed by atoms with E-state index in [4.69, 9.17) is 10.6 Å². The van der Waals surface area contributed by atoms with Gasteiger partial charge in [-0.25, -0.2) is 5.06 Å². The molecule has 1 aliphatic carbocycles. The maximum atomic E-state index is 12.4. The van der Waals surface area contributed by atoms with E-state index < -0.39 is 0 Å². The Bertz CT molecular complexity index is 243. The van der Waals surface area contributed by atoms with Crippen molar-refractivity contribution in [2.24, 2.45) is 11.1 Å². The van der Waals surface area contributed by atoms with Crippen LogP contribution in [0, 0.1) is 5.41 Å². The number of nitrogens with two attached hydrogens (primary N) is 1. The molecule has 4 nitrogen and oxygen atoms in total.